The van der Waals surface area contributed by atoms with E-state index < -0.39 is 164 Å². The molecule has 0 spiro atoms. The molecule has 9 N–H and O–H groups in total. The molecule has 4 heterocycles. The molecule has 24 nitrogen and oxygen atoms in total. The molecule has 24 heteroatoms. The number of rotatable bonds is 16. The van der Waals surface area contributed by atoms with E-state index in [2.05, 4.69) is 0 Å². The molecule has 0 radical (unpaired) electrons. The Morgan fingerprint density at radius 2 is 1.50 bits per heavy atom. The first-order valence-corrected chi connectivity index (χ1v) is 25.1. The largest absolute Gasteiger partial charge is 0.547 e. The zero-order chi connectivity index (χ0) is 56.1. The standard InChI is InChI=1S/C46H77NO17.C4H6O6/c1-13-33-30(22-58-45-42(57-12)41(56-11)37(52)26(5)60-45)18-23(2)14-15-31(49)24(3)19-29(16-17-48)39(25(4)32(50)20-34(51)62-33)64-44-38(53)36(47(9)10)40(27(6)61-44)63-35-21-46(8,55)43(54)28(7)59-35;5-1(3(7)8)2(6)4(9)10/h14-15,17-18,24-30,32-33,35-45,50,52-55H,13,16,19-22H2,1-12H3;1-2,5-6H,(H,7,8)(H,9,10)/b15-14+,23-18+;/t24-,25+,26-,27-,28+,29+,30-,32-,33-,35+,36-,37-,38-,39-,40-,41-,42-,43+,44+,45-,46-;/m1./s1. The van der Waals surface area contributed by atoms with Crippen molar-refractivity contribution in [2.45, 2.75) is 203 Å². The number of aldehydes is 1. The number of carbonyl (C=O) groups is 5. The summed E-state index contributed by atoms with van der Waals surface area (Å²) in [6.07, 6.45) is -13.0. The molecule has 3 saturated heterocycles. The summed E-state index contributed by atoms with van der Waals surface area (Å²) in [5.74, 6) is -7.39. The SMILES string of the molecule is CC[C@H]1OC(=O)C[C@@H](O)[C@H](C)[C@@H](O[C@@H]2O[C@H](C)[C@@H](O[C@H]3C[C@@](C)(O)[C@@H](O)[C@H](C)O3)[C@H]([NH+](C)C)[C@H]2O)[C@@H](CC=O)C[C@@H](C)C(=O)/C=C/C(C)=C/[C@@H]1CO[C@@H]1O[C@H](C)[C@@H](O)[C@@H](OC)[C@H]1OC.O=C([O-])C(O)C(O)C(=O)O. The highest BCUT2D eigenvalue weighted by molar-refractivity contribution is 5.91. The highest BCUT2D eigenvalue weighted by atomic mass is 16.7. The first-order valence-electron chi connectivity index (χ1n) is 25.1. The van der Waals surface area contributed by atoms with Crippen LogP contribution in [0.1, 0.15) is 87.5 Å². The maximum absolute atomic E-state index is 13.8. The Balaban J connectivity index is 0.00000130. The maximum atomic E-state index is 13.8. The van der Waals surface area contributed by atoms with E-state index >= 15 is 0 Å². The number of esters is 1. The summed E-state index contributed by atoms with van der Waals surface area (Å²) in [6.45, 7) is 13.7. The molecule has 0 amide bonds. The van der Waals surface area contributed by atoms with Crippen LogP contribution in [-0.2, 0) is 66.6 Å². The molecule has 2 unspecified atom stereocenters. The fraction of sp³-hybridized carbons (Fsp3) is 0.820. The number of methoxy groups -OCH3 is 2. The van der Waals surface area contributed by atoms with E-state index in [1.165, 1.54) is 27.2 Å². The second-order valence-electron chi connectivity index (χ2n) is 20.4. The second kappa shape index (κ2) is 29.4. The van der Waals surface area contributed by atoms with E-state index in [0.717, 1.165) is 11.2 Å². The van der Waals surface area contributed by atoms with Gasteiger partial charge in [-0.1, -0.05) is 38.5 Å². The zero-order valence-corrected chi connectivity index (χ0v) is 44.5. The Kier molecular flexibility index (Phi) is 25.7. The van der Waals surface area contributed by atoms with Gasteiger partial charge < -0.3 is 103 Å². The number of ketones is 1. The Labute approximate surface area is 432 Å². The van der Waals surface area contributed by atoms with E-state index in [9.17, 15) is 54.6 Å². The lowest BCUT2D eigenvalue weighted by Crippen LogP contribution is -3.14. The molecule has 3 fully saturated rings. The van der Waals surface area contributed by atoms with Gasteiger partial charge in [-0.2, -0.15) is 0 Å². The van der Waals surface area contributed by atoms with E-state index in [-0.39, 0.29) is 31.7 Å². The van der Waals surface area contributed by atoms with Gasteiger partial charge in [0.25, 0.3) is 0 Å². The number of carboxylic acid groups (broad SMARTS) is 2. The quantitative estimate of drug-likeness (QED) is 0.0548. The molecule has 74 heavy (non-hydrogen) atoms. The lowest BCUT2D eigenvalue weighted by Gasteiger charge is -2.48. The summed E-state index contributed by atoms with van der Waals surface area (Å²) in [5, 5.41) is 89.9. The van der Waals surface area contributed by atoms with E-state index in [1.807, 2.05) is 34.0 Å². The van der Waals surface area contributed by atoms with Crippen LogP contribution in [0, 0.1) is 23.7 Å². The van der Waals surface area contributed by atoms with Gasteiger partial charge in [0.2, 0.25) is 0 Å². The topological polar surface area (TPSA) is 358 Å². The Morgan fingerprint density at radius 1 is 0.878 bits per heavy atom. The van der Waals surface area contributed by atoms with Crippen LogP contribution in [0.15, 0.2) is 23.8 Å². The minimum atomic E-state index is -2.38. The van der Waals surface area contributed by atoms with E-state index in [4.69, 9.17) is 58.0 Å². The van der Waals surface area contributed by atoms with Crippen LogP contribution in [-0.4, -0.2) is 222 Å². The van der Waals surface area contributed by atoms with Crippen LogP contribution < -0.4 is 10.0 Å². The van der Waals surface area contributed by atoms with Crippen molar-refractivity contribution in [3.05, 3.63) is 23.8 Å². The van der Waals surface area contributed by atoms with Crippen molar-refractivity contribution in [3.63, 3.8) is 0 Å². The molecule has 23 atom stereocenters. The monoisotopic (exact) mass is 1070 g/mol. The highest BCUT2D eigenvalue weighted by Crippen LogP contribution is 2.36. The predicted molar refractivity (Wildman–Crippen MR) is 254 cm³/mol. The van der Waals surface area contributed by atoms with Gasteiger partial charge in [-0.25, -0.2) is 4.79 Å². The summed E-state index contributed by atoms with van der Waals surface area (Å²) in [7, 11) is 6.60. The number of carbonyl (C=O) groups excluding carboxylic acids is 4. The number of likely N-dealkylation sites (N-methyl/N-ethyl adjacent to an activating group) is 1. The van der Waals surface area contributed by atoms with Crippen molar-refractivity contribution in [3.8, 4) is 0 Å². The summed E-state index contributed by atoms with van der Waals surface area (Å²) in [4.78, 5) is 60.0. The number of aliphatic hydroxyl groups is 7. The van der Waals surface area contributed by atoms with Crippen molar-refractivity contribution in [1.29, 1.82) is 0 Å². The van der Waals surface area contributed by atoms with Gasteiger partial charge in [0.1, 0.15) is 55.1 Å². The van der Waals surface area contributed by atoms with Gasteiger partial charge in [-0.05, 0) is 59.5 Å². The van der Waals surface area contributed by atoms with Crippen molar-refractivity contribution < 1.29 is 117 Å². The second-order valence-corrected chi connectivity index (χ2v) is 20.4. The Hall–Kier alpha value is -3.41. The fourth-order valence-corrected chi connectivity index (χ4v) is 9.87. The molecule has 0 aromatic carbocycles. The number of nitrogens with one attached hydrogen (secondary N) is 1. The van der Waals surface area contributed by atoms with E-state index in [1.54, 1.807) is 40.7 Å². The first-order chi connectivity index (χ1) is 34.5. The van der Waals surface area contributed by atoms with Gasteiger partial charge in [0, 0.05) is 44.8 Å². The van der Waals surface area contributed by atoms with Crippen LogP contribution >= 0.6 is 0 Å². The minimum Gasteiger partial charge on any atom is -0.547 e. The van der Waals surface area contributed by atoms with Gasteiger partial charge in [-0.15, -0.1) is 0 Å². The third kappa shape index (κ3) is 17.3. The van der Waals surface area contributed by atoms with Crippen molar-refractivity contribution in [2.75, 3.05) is 34.9 Å². The highest BCUT2D eigenvalue weighted by Gasteiger charge is 2.53. The number of cyclic esters (lactones) is 1. The lowest BCUT2D eigenvalue weighted by molar-refractivity contribution is -0.898. The Morgan fingerprint density at radius 3 is 2.03 bits per heavy atom. The molecule has 426 valence electrons. The number of allylic oxidation sites excluding steroid dienone is 3. The summed E-state index contributed by atoms with van der Waals surface area (Å²) in [6, 6.07) is -0.665. The molecule has 0 aliphatic carbocycles. The summed E-state index contributed by atoms with van der Waals surface area (Å²) < 4.78 is 54.7. The number of hydrogen-bond acceptors (Lipinski definition) is 22. The predicted octanol–water partition coefficient (Wildman–Crippen LogP) is -3.04. The normalized spacial score (nSPS) is 41.9. The summed E-state index contributed by atoms with van der Waals surface area (Å²) >= 11 is 0. The van der Waals surface area contributed by atoms with E-state index in [0.29, 0.717) is 12.0 Å². The molecule has 4 aliphatic rings. The number of aliphatic carboxylic acids is 2. The van der Waals surface area contributed by atoms with Gasteiger partial charge >= 0.3 is 11.9 Å². The third-order valence-electron chi connectivity index (χ3n) is 14.3. The molecule has 4 rings (SSSR count). The molecular weight excluding hydrogens is 983 g/mol. The number of carboxylic acids is 2. The van der Waals surface area contributed by atoms with Crippen LogP contribution in [0.4, 0.5) is 0 Å². The number of hydrogen-bond donors (Lipinski definition) is 9. The zero-order valence-electron chi connectivity index (χ0n) is 44.5. The molecule has 0 bridgehead atoms. The fourth-order valence-electron chi connectivity index (χ4n) is 9.87. The maximum Gasteiger partial charge on any atom is 0.335 e. The van der Waals surface area contributed by atoms with Gasteiger partial charge in [-0.3, -0.25) is 9.59 Å². The Bertz CT molecular complexity index is 1850. The van der Waals surface area contributed by atoms with Crippen LogP contribution in [0.2, 0.25) is 0 Å². The minimum absolute atomic E-state index is 0.00618. The number of quaternary nitrogens is 1. The average molecular weight is 1070 g/mol. The molecular formula is C50H83NO23. The van der Waals surface area contributed by atoms with Gasteiger partial charge in [0.15, 0.2) is 36.9 Å². The van der Waals surface area contributed by atoms with Crippen LogP contribution in [0.3, 0.4) is 0 Å². The van der Waals surface area contributed by atoms with Crippen LogP contribution in [0.25, 0.3) is 0 Å². The van der Waals surface area contributed by atoms with Crippen molar-refractivity contribution in [1.82, 2.24) is 0 Å². The molecule has 0 aromatic heterocycles. The van der Waals surface area contributed by atoms with Crippen LogP contribution in [0.5, 0.6) is 0 Å². The first kappa shape index (κ1) is 64.9. The van der Waals surface area contributed by atoms with Gasteiger partial charge in [0.05, 0.1) is 69.2 Å². The molecule has 0 saturated carbocycles. The third-order valence-corrected chi connectivity index (χ3v) is 14.3. The smallest absolute Gasteiger partial charge is 0.335 e. The van der Waals surface area contributed by atoms with Crippen molar-refractivity contribution in [2.24, 2.45) is 23.7 Å². The van der Waals surface area contributed by atoms with Crippen molar-refractivity contribution >= 4 is 30.0 Å². The average Bonchev–Trinajstić information content (AvgIpc) is 3.33. The molecule has 4 aliphatic heterocycles. The molecule has 0 aromatic rings. The number of ether oxygens (including phenoxy) is 9. The summed E-state index contributed by atoms with van der Waals surface area (Å²) in [5.41, 5.74) is -0.797. The lowest BCUT2D eigenvalue weighted by atomic mass is 9.79. The number of aliphatic hydroxyl groups excluding tert-OH is 6.